The van der Waals surface area contributed by atoms with Crippen LogP contribution >= 0.6 is 11.6 Å². The summed E-state index contributed by atoms with van der Waals surface area (Å²) in [5.74, 6) is -1.00. The average molecular weight is 585 g/mol. The van der Waals surface area contributed by atoms with Gasteiger partial charge in [-0.2, -0.15) is 0 Å². The van der Waals surface area contributed by atoms with Crippen molar-refractivity contribution in [2.24, 2.45) is 0 Å². The summed E-state index contributed by atoms with van der Waals surface area (Å²) in [6, 6.07) is 24.6. The Balaban J connectivity index is 1.39. The number of carbonyl (C=O) groups excluding carboxylic acids is 3. The Kier molecular flexibility index (Phi) is 8.64. The number of imide groups is 2. The molecule has 4 amide bonds. The molecule has 0 saturated carbocycles. The Morgan fingerprint density at radius 1 is 0.881 bits per heavy atom. The van der Waals surface area contributed by atoms with Gasteiger partial charge in [-0.05, 0) is 78.2 Å². The quantitative estimate of drug-likeness (QED) is 0.174. The van der Waals surface area contributed by atoms with Gasteiger partial charge in [0.2, 0.25) is 0 Å². The zero-order valence-corrected chi connectivity index (χ0v) is 23.4. The monoisotopic (exact) mass is 584 g/mol. The van der Waals surface area contributed by atoms with Crippen molar-refractivity contribution < 1.29 is 28.2 Å². The number of benzene rings is 4. The van der Waals surface area contributed by atoms with Gasteiger partial charge in [-0.1, -0.05) is 54.1 Å². The summed E-state index contributed by atoms with van der Waals surface area (Å²) in [6.07, 6.45) is 1.67. The number of amides is 4. The second kappa shape index (κ2) is 12.7. The highest BCUT2D eigenvalue weighted by atomic mass is 35.5. The number of rotatable bonds is 9. The molecule has 1 aliphatic heterocycles. The van der Waals surface area contributed by atoms with Crippen LogP contribution in [0.15, 0.2) is 96.6 Å². The second-order valence-electron chi connectivity index (χ2n) is 9.45. The van der Waals surface area contributed by atoms with Crippen LogP contribution in [-0.2, 0) is 22.6 Å². The van der Waals surface area contributed by atoms with Gasteiger partial charge in [0.1, 0.15) is 29.5 Å². The summed E-state index contributed by atoms with van der Waals surface area (Å²) in [7, 11) is 0. The predicted molar refractivity (Wildman–Crippen MR) is 158 cm³/mol. The third-order valence-electron chi connectivity index (χ3n) is 6.50. The first-order chi connectivity index (χ1) is 20.3. The molecule has 5 rings (SSSR count). The molecule has 0 aromatic heterocycles. The van der Waals surface area contributed by atoms with Crippen molar-refractivity contribution in [3.8, 4) is 11.5 Å². The SMILES string of the molecule is CCOc1cc(/C=C2\C(=O)NC(=O)N(c3ccc(OCc4ccccc4)cc3)C2=O)cc(Cl)c1Cc1cccc(F)c1. The number of halogens is 2. The third-order valence-corrected chi connectivity index (χ3v) is 6.84. The maximum atomic E-state index is 13.7. The van der Waals surface area contributed by atoms with Gasteiger partial charge in [-0.25, -0.2) is 14.1 Å². The fraction of sp³-hybridized carbons (Fsp3) is 0.121. The molecule has 1 heterocycles. The topological polar surface area (TPSA) is 84.9 Å². The minimum Gasteiger partial charge on any atom is -0.494 e. The molecule has 1 fully saturated rings. The van der Waals surface area contributed by atoms with E-state index in [1.54, 1.807) is 48.5 Å². The summed E-state index contributed by atoms with van der Waals surface area (Å²) in [4.78, 5) is 39.7. The molecule has 1 saturated heterocycles. The number of hydrogen-bond donors (Lipinski definition) is 1. The van der Waals surface area contributed by atoms with E-state index in [1.807, 2.05) is 37.3 Å². The largest absolute Gasteiger partial charge is 0.494 e. The van der Waals surface area contributed by atoms with E-state index < -0.39 is 17.8 Å². The van der Waals surface area contributed by atoms with Crippen molar-refractivity contribution in [1.29, 1.82) is 0 Å². The van der Waals surface area contributed by atoms with E-state index in [-0.39, 0.29) is 17.1 Å². The molecular formula is C33H26ClFN2O5. The van der Waals surface area contributed by atoms with Crippen LogP contribution in [-0.4, -0.2) is 24.5 Å². The van der Waals surface area contributed by atoms with Crippen molar-refractivity contribution in [3.05, 3.63) is 130 Å². The first-order valence-electron chi connectivity index (χ1n) is 13.2. The molecule has 1 N–H and O–H groups in total. The molecule has 9 heteroatoms. The van der Waals surface area contributed by atoms with Gasteiger partial charge in [-0.15, -0.1) is 0 Å². The van der Waals surface area contributed by atoms with Crippen molar-refractivity contribution >= 4 is 41.2 Å². The Bertz CT molecular complexity index is 1670. The molecule has 0 atom stereocenters. The smallest absolute Gasteiger partial charge is 0.335 e. The van der Waals surface area contributed by atoms with Crippen molar-refractivity contribution in [2.45, 2.75) is 20.0 Å². The van der Waals surface area contributed by atoms with Gasteiger partial charge in [0, 0.05) is 17.0 Å². The molecule has 0 aliphatic carbocycles. The summed E-state index contributed by atoms with van der Waals surface area (Å²) >= 11 is 6.61. The Morgan fingerprint density at radius 2 is 1.62 bits per heavy atom. The maximum absolute atomic E-state index is 13.7. The van der Waals surface area contributed by atoms with E-state index >= 15 is 0 Å². The van der Waals surface area contributed by atoms with E-state index in [0.717, 1.165) is 10.5 Å². The van der Waals surface area contributed by atoms with Crippen molar-refractivity contribution in [2.75, 3.05) is 11.5 Å². The molecule has 4 aromatic carbocycles. The molecule has 1 aliphatic rings. The molecule has 0 bridgehead atoms. The zero-order chi connectivity index (χ0) is 29.6. The predicted octanol–water partition coefficient (Wildman–Crippen LogP) is 6.71. The van der Waals surface area contributed by atoms with Crippen LogP contribution in [0.1, 0.15) is 29.2 Å². The van der Waals surface area contributed by atoms with Gasteiger partial charge >= 0.3 is 6.03 Å². The lowest BCUT2D eigenvalue weighted by molar-refractivity contribution is -0.122. The van der Waals surface area contributed by atoms with Crippen molar-refractivity contribution in [3.63, 3.8) is 0 Å². The fourth-order valence-corrected chi connectivity index (χ4v) is 4.80. The van der Waals surface area contributed by atoms with E-state index in [4.69, 9.17) is 21.1 Å². The van der Waals surface area contributed by atoms with Crippen LogP contribution in [0.2, 0.25) is 5.02 Å². The summed E-state index contributed by atoms with van der Waals surface area (Å²) in [6.45, 7) is 2.50. The number of urea groups is 1. The highest BCUT2D eigenvalue weighted by molar-refractivity contribution is 6.39. The molecule has 4 aromatic rings. The first kappa shape index (κ1) is 28.6. The molecule has 0 radical (unpaired) electrons. The maximum Gasteiger partial charge on any atom is 0.335 e. The summed E-state index contributed by atoms with van der Waals surface area (Å²) in [5, 5.41) is 2.54. The summed E-state index contributed by atoms with van der Waals surface area (Å²) in [5.41, 5.74) is 2.77. The van der Waals surface area contributed by atoms with Crippen LogP contribution in [0.3, 0.4) is 0 Å². The number of carbonyl (C=O) groups is 3. The number of nitrogens with zero attached hydrogens (tertiary/aromatic N) is 1. The van der Waals surface area contributed by atoms with E-state index in [0.29, 0.717) is 52.8 Å². The molecule has 0 unspecified atom stereocenters. The first-order valence-corrected chi connectivity index (χ1v) is 13.6. The molecule has 7 nitrogen and oxygen atoms in total. The molecule has 42 heavy (non-hydrogen) atoms. The third kappa shape index (κ3) is 6.50. The second-order valence-corrected chi connectivity index (χ2v) is 9.85. The average Bonchev–Trinajstić information content (AvgIpc) is 2.97. The minimum absolute atomic E-state index is 0.254. The lowest BCUT2D eigenvalue weighted by Gasteiger charge is -2.26. The van der Waals surface area contributed by atoms with Gasteiger partial charge < -0.3 is 9.47 Å². The minimum atomic E-state index is -0.862. The lowest BCUT2D eigenvalue weighted by atomic mass is 10.00. The van der Waals surface area contributed by atoms with E-state index in [1.165, 1.54) is 18.2 Å². The Labute approximate surface area is 247 Å². The van der Waals surface area contributed by atoms with Gasteiger partial charge in [-0.3, -0.25) is 14.9 Å². The Hall–Kier alpha value is -4.95. The number of ether oxygens (including phenoxy) is 2. The summed E-state index contributed by atoms with van der Waals surface area (Å²) < 4.78 is 25.3. The highest BCUT2D eigenvalue weighted by Crippen LogP contribution is 2.33. The number of nitrogens with one attached hydrogen (secondary N) is 1. The number of barbiturate groups is 1. The Morgan fingerprint density at radius 3 is 2.33 bits per heavy atom. The zero-order valence-electron chi connectivity index (χ0n) is 22.6. The van der Waals surface area contributed by atoms with Gasteiger partial charge in [0.05, 0.1) is 12.3 Å². The lowest BCUT2D eigenvalue weighted by Crippen LogP contribution is -2.54. The molecular weight excluding hydrogens is 559 g/mol. The van der Waals surface area contributed by atoms with Crippen LogP contribution in [0.5, 0.6) is 11.5 Å². The number of anilines is 1. The van der Waals surface area contributed by atoms with Crippen LogP contribution in [0.4, 0.5) is 14.9 Å². The van der Waals surface area contributed by atoms with Gasteiger partial charge in [0.25, 0.3) is 11.8 Å². The number of hydrogen-bond acceptors (Lipinski definition) is 5. The normalized spacial score (nSPS) is 14.2. The van der Waals surface area contributed by atoms with Crippen molar-refractivity contribution in [1.82, 2.24) is 5.32 Å². The van der Waals surface area contributed by atoms with E-state index in [9.17, 15) is 18.8 Å². The van der Waals surface area contributed by atoms with Crippen LogP contribution < -0.4 is 19.7 Å². The molecule has 212 valence electrons. The van der Waals surface area contributed by atoms with Gasteiger partial charge in [0.15, 0.2) is 0 Å². The van der Waals surface area contributed by atoms with Crippen LogP contribution in [0.25, 0.3) is 6.08 Å². The van der Waals surface area contributed by atoms with Crippen LogP contribution in [0, 0.1) is 5.82 Å². The highest BCUT2D eigenvalue weighted by Gasteiger charge is 2.37. The standard InChI is InChI=1S/C33H26ClFN2O5/c1-2-41-30-19-23(18-29(34)27(30)16-22-9-6-10-24(35)15-22)17-28-31(38)36-33(40)37(32(28)39)25-11-13-26(14-12-25)42-20-21-7-4-3-5-8-21/h3-15,17-19H,2,16,20H2,1H3,(H,36,38,40)/b28-17+. The van der Waals surface area contributed by atoms with E-state index in [2.05, 4.69) is 5.32 Å². The fourth-order valence-electron chi connectivity index (χ4n) is 4.51. The molecule has 0 spiro atoms.